The number of imidazole rings is 1. The molecule has 164 valence electrons. The molecule has 0 aliphatic rings. The van der Waals surface area contributed by atoms with Crippen LogP contribution in [0.5, 0.6) is 5.75 Å². The summed E-state index contributed by atoms with van der Waals surface area (Å²) >= 11 is 0. The second-order valence-electron chi connectivity index (χ2n) is 8.08. The fourth-order valence-corrected chi connectivity index (χ4v) is 3.83. The molecule has 0 fully saturated rings. The summed E-state index contributed by atoms with van der Waals surface area (Å²) in [6.45, 7) is 7.90. The van der Waals surface area contributed by atoms with E-state index >= 15 is 0 Å². The summed E-state index contributed by atoms with van der Waals surface area (Å²) in [6.07, 6.45) is 0.649. The summed E-state index contributed by atoms with van der Waals surface area (Å²) in [5, 5.41) is 3.03. The molecule has 32 heavy (non-hydrogen) atoms. The number of amides is 1. The third-order valence-corrected chi connectivity index (χ3v) is 5.82. The van der Waals surface area contributed by atoms with Gasteiger partial charge in [0.25, 0.3) is 5.91 Å². The van der Waals surface area contributed by atoms with Gasteiger partial charge in [-0.25, -0.2) is 4.98 Å². The van der Waals surface area contributed by atoms with E-state index in [1.807, 2.05) is 55.5 Å². The van der Waals surface area contributed by atoms with Gasteiger partial charge < -0.3 is 14.6 Å². The zero-order chi connectivity index (χ0) is 22.5. The first kappa shape index (κ1) is 21.6. The third-order valence-electron chi connectivity index (χ3n) is 5.82. The Morgan fingerprint density at radius 2 is 1.72 bits per heavy atom. The molecular weight excluding hydrogens is 398 g/mol. The van der Waals surface area contributed by atoms with Gasteiger partial charge in [-0.05, 0) is 67.8 Å². The number of nitrogens with zero attached hydrogens (tertiary/aromatic N) is 2. The first-order valence-electron chi connectivity index (χ1n) is 11.0. The highest BCUT2D eigenvalue weighted by molar-refractivity contribution is 5.95. The van der Waals surface area contributed by atoms with E-state index in [1.165, 1.54) is 11.1 Å². The molecule has 0 aliphatic carbocycles. The highest BCUT2D eigenvalue weighted by atomic mass is 16.5. The first-order valence-corrected chi connectivity index (χ1v) is 11.0. The van der Waals surface area contributed by atoms with Crippen LogP contribution in [0.15, 0.2) is 66.7 Å². The molecule has 0 aliphatic heterocycles. The summed E-state index contributed by atoms with van der Waals surface area (Å²) < 4.78 is 8.21. The topological polar surface area (TPSA) is 56.1 Å². The molecule has 0 saturated carbocycles. The van der Waals surface area contributed by atoms with Crippen molar-refractivity contribution in [2.24, 2.45) is 0 Å². The summed E-state index contributed by atoms with van der Waals surface area (Å²) in [7, 11) is 0. The van der Waals surface area contributed by atoms with Crippen molar-refractivity contribution in [3.05, 3.63) is 94.8 Å². The maximum atomic E-state index is 12.5. The number of hydrogen-bond acceptors (Lipinski definition) is 3. The van der Waals surface area contributed by atoms with Gasteiger partial charge in [-0.2, -0.15) is 0 Å². The predicted octanol–water partition coefficient (Wildman–Crippen LogP) is 5.01. The second kappa shape index (κ2) is 9.69. The van der Waals surface area contributed by atoms with Crippen molar-refractivity contribution in [2.45, 2.75) is 33.7 Å². The van der Waals surface area contributed by atoms with Crippen LogP contribution in [0.2, 0.25) is 0 Å². The minimum atomic E-state index is -0.0520. The van der Waals surface area contributed by atoms with Crippen LogP contribution in [0.25, 0.3) is 11.0 Å². The number of hydrogen-bond donors (Lipinski definition) is 1. The fraction of sp³-hybridized carbons (Fsp3) is 0.259. The highest BCUT2D eigenvalue weighted by Crippen LogP contribution is 2.19. The molecule has 5 nitrogen and oxygen atoms in total. The van der Waals surface area contributed by atoms with Crippen LogP contribution >= 0.6 is 0 Å². The monoisotopic (exact) mass is 427 g/mol. The van der Waals surface area contributed by atoms with Crippen LogP contribution in [-0.2, 0) is 13.0 Å². The van der Waals surface area contributed by atoms with Gasteiger partial charge in [-0.15, -0.1) is 0 Å². The maximum Gasteiger partial charge on any atom is 0.251 e. The summed E-state index contributed by atoms with van der Waals surface area (Å²) in [5.74, 6) is 1.77. The minimum Gasteiger partial charge on any atom is -0.492 e. The zero-order valence-corrected chi connectivity index (χ0v) is 18.9. The average Bonchev–Trinajstić information content (AvgIpc) is 3.14. The Morgan fingerprint density at radius 1 is 0.938 bits per heavy atom. The smallest absolute Gasteiger partial charge is 0.251 e. The van der Waals surface area contributed by atoms with Gasteiger partial charge in [0.2, 0.25) is 0 Å². The van der Waals surface area contributed by atoms with Crippen LogP contribution < -0.4 is 10.1 Å². The van der Waals surface area contributed by atoms with Gasteiger partial charge in [0.05, 0.1) is 17.6 Å². The van der Waals surface area contributed by atoms with E-state index in [2.05, 4.69) is 41.9 Å². The number of carbonyl (C=O) groups excluding carboxylic acids is 1. The molecule has 0 radical (unpaired) electrons. The number of aromatic nitrogens is 2. The van der Waals surface area contributed by atoms with Crippen molar-refractivity contribution >= 4 is 16.9 Å². The van der Waals surface area contributed by atoms with Crippen LogP contribution in [0.4, 0.5) is 0 Å². The van der Waals surface area contributed by atoms with Crippen molar-refractivity contribution in [1.82, 2.24) is 14.9 Å². The van der Waals surface area contributed by atoms with Gasteiger partial charge in [0, 0.05) is 18.5 Å². The molecule has 0 saturated heterocycles. The molecule has 4 aromatic rings. The lowest BCUT2D eigenvalue weighted by molar-refractivity contribution is 0.0953. The largest absolute Gasteiger partial charge is 0.492 e. The van der Waals surface area contributed by atoms with Crippen LogP contribution in [0.1, 0.15) is 32.9 Å². The lowest BCUT2D eigenvalue weighted by atomic mass is 10.1. The maximum absolute atomic E-state index is 12.5. The van der Waals surface area contributed by atoms with E-state index in [9.17, 15) is 4.79 Å². The number of rotatable bonds is 8. The molecule has 1 heterocycles. The molecule has 1 amide bonds. The second-order valence-corrected chi connectivity index (χ2v) is 8.08. The minimum absolute atomic E-state index is 0.0520. The third kappa shape index (κ3) is 4.83. The number of carbonyl (C=O) groups is 1. The van der Waals surface area contributed by atoms with E-state index in [0.717, 1.165) is 28.2 Å². The molecule has 4 rings (SSSR count). The Balaban J connectivity index is 1.43. The molecule has 1 N–H and O–H groups in total. The molecule has 3 aromatic carbocycles. The quantitative estimate of drug-likeness (QED) is 0.430. The van der Waals surface area contributed by atoms with Crippen LogP contribution in [0.3, 0.4) is 0 Å². The van der Waals surface area contributed by atoms with Gasteiger partial charge in [0.1, 0.15) is 18.2 Å². The summed E-state index contributed by atoms with van der Waals surface area (Å²) in [5.41, 5.74) is 6.20. The Labute approximate surface area is 189 Å². The molecule has 0 spiro atoms. The van der Waals surface area contributed by atoms with E-state index in [0.29, 0.717) is 31.7 Å². The lowest BCUT2D eigenvalue weighted by Gasteiger charge is -2.12. The van der Waals surface area contributed by atoms with Crippen molar-refractivity contribution in [3.63, 3.8) is 0 Å². The fourth-order valence-electron chi connectivity index (χ4n) is 3.83. The number of ether oxygens (including phenoxy) is 1. The zero-order valence-electron chi connectivity index (χ0n) is 18.9. The van der Waals surface area contributed by atoms with E-state index in [1.54, 1.807) is 0 Å². The van der Waals surface area contributed by atoms with Crippen molar-refractivity contribution in [1.29, 1.82) is 0 Å². The van der Waals surface area contributed by atoms with Crippen molar-refractivity contribution in [2.75, 3.05) is 13.2 Å². The molecule has 0 unspecified atom stereocenters. The normalized spacial score (nSPS) is 11.0. The Hall–Kier alpha value is -3.60. The van der Waals surface area contributed by atoms with Gasteiger partial charge in [0.15, 0.2) is 0 Å². The molecule has 5 heteroatoms. The van der Waals surface area contributed by atoms with Crippen molar-refractivity contribution in [3.8, 4) is 5.75 Å². The van der Waals surface area contributed by atoms with Gasteiger partial charge in [-0.1, -0.05) is 36.4 Å². The average molecular weight is 428 g/mol. The van der Waals surface area contributed by atoms with E-state index in [-0.39, 0.29) is 5.91 Å². The van der Waals surface area contributed by atoms with Gasteiger partial charge >= 0.3 is 0 Å². The number of fused-ring (bicyclic) bond motifs is 1. The molecule has 0 bridgehead atoms. The SMILES string of the molecule is Cc1ccc(OCCn2c(CCNC(=O)c3ccccc3C)nc3ccccc32)cc1C. The Morgan fingerprint density at radius 3 is 2.53 bits per heavy atom. The number of nitrogens with one attached hydrogen (secondary N) is 1. The number of para-hydroxylation sites is 2. The molecule has 1 aromatic heterocycles. The van der Waals surface area contributed by atoms with Crippen molar-refractivity contribution < 1.29 is 9.53 Å². The lowest BCUT2D eigenvalue weighted by Crippen LogP contribution is -2.27. The summed E-state index contributed by atoms with van der Waals surface area (Å²) in [4.78, 5) is 17.3. The predicted molar refractivity (Wildman–Crippen MR) is 128 cm³/mol. The summed E-state index contributed by atoms with van der Waals surface area (Å²) in [6, 6.07) is 21.9. The van der Waals surface area contributed by atoms with E-state index < -0.39 is 0 Å². The Kier molecular flexibility index (Phi) is 6.55. The van der Waals surface area contributed by atoms with E-state index in [4.69, 9.17) is 9.72 Å². The number of benzene rings is 3. The molecular formula is C27H29N3O2. The van der Waals surface area contributed by atoms with Crippen LogP contribution in [0, 0.1) is 20.8 Å². The first-order chi connectivity index (χ1) is 15.5. The molecule has 0 atom stereocenters. The van der Waals surface area contributed by atoms with Gasteiger partial charge in [-0.3, -0.25) is 4.79 Å². The standard InChI is InChI=1S/C27H29N3O2/c1-19-12-13-22(18-21(19)3)32-17-16-30-25-11-7-6-10-24(25)29-26(30)14-15-28-27(31)23-9-5-4-8-20(23)2/h4-13,18H,14-17H2,1-3H3,(H,28,31). The Bertz CT molecular complexity index is 1240. The van der Waals surface area contributed by atoms with Crippen LogP contribution in [-0.4, -0.2) is 28.6 Å². The number of aryl methyl sites for hydroxylation is 3. The highest BCUT2D eigenvalue weighted by Gasteiger charge is 2.12.